The van der Waals surface area contributed by atoms with Gasteiger partial charge in [0.2, 0.25) is 11.8 Å². The second-order valence-corrected chi connectivity index (χ2v) is 12.2. The molecular weight excluding hydrogens is 554 g/mol. The van der Waals surface area contributed by atoms with E-state index >= 15 is 0 Å². The average molecular weight is 588 g/mol. The molecule has 0 radical (unpaired) electrons. The maximum atomic E-state index is 14.9. The van der Waals surface area contributed by atoms with Gasteiger partial charge in [-0.1, -0.05) is 84.4 Å². The number of Topliss-reactive ketones (excluding diaryl/α,β-unsaturated/α-hetero) is 1. The Morgan fingerprint density at radius 2 is 1.55 bits per heavy atom. The van der Waals surface area contributed by atoms with Gasteiger partial charge in [-0.05, 0) is 53.7 Å². The van der Waals surface area contributed by atoms with Gasteiger partial charge < -0.3 is 9.84 Å². The van der Waals surface area contributed by atoms with E-state index in [9.17, 15) is 24.3 Å². The van der Waals surface area contributed by atoms with Gasteiger partial charge >= 0.3 is 0 Å². The monoisotopic (exact) mass is 587 g/mol. The molecule has 2 amide bonds. The predicted octanol–water partition coefficient (Wildman–Crippen LogP) is 4.51. The Balaban J connectivity index is 1.48. The molecule has 1 saturated carbocycles. The zero-order valence-corrected chi connectivity index (χ0v) is 24.4. The molecule has 3 aliphatic carbocycles. The number of rotatable bonds is 6. The fraction of sp³-hybridized carbons (Fsp3) is 0.297. The van der Waals surface area contributed by atoms with E-state index in [1.54, 1.807) is 0 Å². The molecule has 2 fully saturated rings. The molecule has 4 aliphatic rings. The van der Waals surface area contributed by atoms with Gasteiger partial charge in [-0.25, -0.2) is 0 Å². The van der Waals surface area contributed by atoms with Crippen molar-refractivity contribution in [3.8, 4) is 5.75 Å². The third-order valence-corrected chi connectivity index (χ3v) is 10.2. The van der Waals surface area contributed by atoms with Crippen molar-refractivity contribution in [3.05, 3.63) is 119 Å². The number of likely N-dealkylation sites (tertiary alicyclic amines) is 1. The summed E-state index contributed by atoms with van der Waals surface area (Å²) in [5, 5.41) is 9.23. The first-order valence-electron chi connectivity index (χ1n) is 15.1. The fourth-order valence-corrected chi connectivity index (χ4v) is 8.33. The number of nitrogens with zero attached hydrogens (tertiary/aromatic N) is 1. The van der Waals surface area contributed by atoms with Crippen LogP contribution in [0.25, 0.3) is 5.57 Å². The lowest BCUT2D eigenvalue weighted by atomic mass is 9.44. The van der Waals surface area contributed by atoms with Crippen molar-refractivity contribution in [1.82, 2.24) is 4.90 Å². The molecule has 222 valence electrons. The van der Waals surface area contributed by atoms with Crippen LogP contribution in [0.3, 0.4) is 0 Å². The molecule has 0 bridgehead atoms. The Morgan fingerprint density at radius 1 is 0.864 bits per heavy atom. The average Bonchev–Trinajstić information content (AvgIpc) is 3.29. The quantitative estimate of drug-likeness (QED) is 0.337. The number of aliphatic hydroxyl groups excluding tert-OH is 1. The van der Waals surface area contributed by atoms with Gasteiger partial charge in [0, 0.05) is 24.5 Å². The fourth-order valence-electron chi connectivity index (χ4n) is 8.33. The number of aliphatic hydroxyl groups is 1. The Bertz CT molecular complexity index is 1710. The highest BCUT2D eigenvalue weighted by Gasteiger charge is 2.65. The molecule has 0 aromatic heterocycles. The van der Waals surface area contributed by atoms with Gasteiger partial charge in [0.25, 0.3) is 0 Å². The lowest BCUT2D eigenvalue weighted by Gasteiger charge is -2.55. The molecule has 3 aromatic carbocycles. The van der Waals surface area contributed by atoms with Crippen LogP contribution in [-0.4, -0.2) is 53.6 Å². The van der Waals surface area contributed by atoms with E-state index in [-0.39, 0.29) is 48.9 Å². The summed E-state index contributed by atoms with van der Waals surface area (Å²) in [6, 6.07) is 26.2. The van der Waals surface area contributed by atoms with Crippen molar-refractivity contribution in [3.63, 3.8) is 0 Å². The lowest BCUT2D eigenvalue weighted by Crippen LogP contribution is -2.58. The van der Waals surface area contributed by atoms with Crippen molar-refractivity contribution in [2.24, 2.45) is 23.7 Å². The lowest BCUT2D eigenvalue weighted by molar-refractivity contribution is -0.139. The molecule has 1 N–H and O–H groups in total. The topological polar surface area (TPSA) is 101 Å². The molecule has 6 atom stereocenters. The maximum absolute atomic E-state index is 14.9. The third-order valence-electron chi connectivity index (χ3n) is 10.2. The molecule has 1 aliphatic heterocycles. The molecule has 7 nitrogen and oxygen atoms in total. The number of allylic oxidation sites excluding steroid dienone is 4. The highest BCUT2D eigenvalue weighted by molar-refractivity contribution is 6.31. The number of benzene rings is 3. The van der Waals surface area contributed by atoms with Gasteiger partial charge in [-0.2, -0.15) is 0 Å². The minimum atomic E-state index is -1.25. The van der Waals surface area contributed by atoms with Crippen molar-refractivity contribution < 1.29 is 29.0 Å². The third kappa shape index (κ3) is 4.06. The van der Waals surface area contributed by atoms with Crippen LogP contribution in [0.2, 0.25) is 0 Å². The van der Waals surface area contributed by atoms with Gasteiger partial charge in [-0.15, -0.1) is 0 Å². The van der Waals surface area contributed by atoms with Crippen LogP contribution < -0.4 is 4.74 Å². The minimum absolute atomic E-state index is 0.117. The standard InChI is InChI=1S/C37H33NO6/c1-38-35(42)27-17-16-26-29(32(27)36(38)43)20-30-34(41)28(22-8-4-2-5-9-22)21-31(40)37(30,24-10-6-3-7-11-24)33(26)23-12-14-25(15-13-23)44-19-18-39/h2-16,21,27,29-30,32-33,39H,17-20H2,1H3/t27-,29+,30-,32-,33-,37-/m0/s1. The summed E-state index contributed by atoms with van der Waals surface area (Å²) in [4.78, 5) is 57.6. The number of ether oxygens (including phenoxy) is 1. The van der Waals surface area contributed by atoms with E-state index in [0.717, 1.165) is 16.7 Å². The number of fused-ring (bicyclic) bond motifs is 4. The van der Waals surface area contributed by atoms with Gasteiger partial charge in [0.05, 0.1) is 23.9 Å². The molecule has 7 heteroatoms. The highest BCUT2D eigenvalue weighted by atomic mass is 16.5. The molecular formula is C37H33NO6. The number of amides is 2. The SMILES string of the molecule is CN1C(=O)[C@H]2[C@H](CC=C3[C@H]2C[C@H]2C(=O)C(c4ccccc4)=CC(=O)[C@@]2(c2ccccc2)[C@H]3c2ccc(OCCO)cc2)C1=O. The van der Waals surface area contributed by atoms with Gasteiger partial charge in [0.1, 0.15) is 12.4 Å². The van der Waals surface area contributed by atoms with E-state index in [1.807, 2.05) is 84.9 Å². The highest BCUT2D eigenvalue weighted by Crippen LogP contribution is 2.63. The molecule has 1 heterocycles. The second-order valence-electron chi connectivity index (χ2n) is 12.2. The molecule has 0 unspecified atom stereocenters. The van der Waals surface area contributed by atoms with E-state index in [2.05, 4.69) is 6.08 Å². The van der Waals surface area contributed by atoms with Gasteiger partial charge in [0.15, 0.2) is 11.6 Å². The maximum Gasteiger partial charge on any atom is 0.233 e. The summed E-state index contributed by atoms with van der Waals surface area (Å²) < 4.78 is 5.63. The normalized spacial score (nSPS) is 29.4. The van der Waals surface area contributed by atoms with E-state index < -0.39 is 29.1 Å². The largest absolute Gasteiger partial charge is 0.491 e. The molecule has 44 heavy (non-hydrogen) atoms. The Kier molecular flexibility index (Phi) is 6.93. The summed E-state index contributed by atoms with van der Waals surface area (Å²) in [5.41, 5.74) is 2.33. The Labute approximate surface area is 255 Å². The zero-order valence-electron chi connectivity index (χ0n) is 24.4. The van der Waals surface area contributed by atoms with Crippen molar-refractivity contribution in [2.45, 2.75) is 24.2 Å². The van der Waals surface area contributed by atoms with Gasteiger partial charge in [-0.3, -0.25) is 24.1 Å². The first-order chi connectivity index (χ1) is 21.4. The molecule has 1 saturated heterocycles. The van der Waals surface area contributed by atoms with Crippen LogP contribution in [0.1, 0.15) is 35.4 Å². The number of ketones is 2. The first kappa shape index (κ1) is 28.2. The van der Waals surface area contributed by atoms with Crippen LogP contribution in [-0.2, 0) is 24.6 Å². The number of hydrogen-bond acceptors (Lipinski definition) is 6. The second kappa shape index (κ2) is 10.8. The number of hydrogen-bond donors (Lipinski definition) is 1. The van der Waals surface area contributed by atoms with Crippen molar-refractivity contribution >= 4 is 29.0 Å². The van der Waals surface area contributed by atoms with E-state index in [0.29, 0.717) is 23.3 Å². The number of carbonyl (C=O) groups is 4. The van der Waals surface area contributed by atoms with Crippen LogP contribution >= 0.6 is 0 Å². The van der Waals surface area contributed by atoms with Crippen LogP contribution in [0.15, 0.2) is 103 Å². The smallest absolute Gasteiger partial charge is 0.233 e. The minimum Gasteiger partial charge on any atom is -0.491 e. The predicted molar refractivity (Wildman–Crippen MR) is 163 cm³/mol. The van der Waals surface area contributed by atoms with Crippen LogP contribution in [0.4, 0.5) is 0 Å². The van der Waals surface area contributed by atoms with E-state index in [4.69, 9.17) is 4.74 Å². The molecule has 3 aromatic rings. The van der Waals surface area contributed by atoms with Crippen molar-refractivity contribution in [2.75, 3.05) is 20.3 Å². The van der Waals surface area contributed by atoms with Crippen LogP contribution in [0.5, 0.6) is 5.75 Å². The summed E-state index contributed by atoms with van der Waals surface area (Å²) in [7, 11) is 1.54. The Morgan fingerprint density at radius 3 is 2.23 bits per heavy atom. The zero-order chi connectivity index (χ0) is 30.6. The van der Waals surface area contributed by atoms with E-state index in [1.165, 1.54) is 18.0 Å². The summed E-state index contributed by atoms with van der Waals surface area (Å²) >= 11 is 0. The molecule has 0 spiro atoms. The first-order valence-corrected chi connectivity index (χ1v) is 15.1. The summed E-state index contributed by atoms with van der Waals surface area (Å²) in [6.45, 7) is 0.0347. The summed E-state index contributed by atoms with van der Waals surface area (Å²) in [5.74, 6) is -2.85. The van der Waals surface area contributed by atoms with Crippen LogP contribution in [0, 0.1) is 23.7 Å². The number of imide groups is 1. The Hall–Kier alpha value is -4.62. The molecule has 7 rings (SSSR count). The van der Waals surface area contributed by atoms with Crippen molar-refractivity contribution in [1.29, 1.82) is 0 Å². The number of carbonyl (C=O) groups excluding carboxylic acids is 4. The summed E-state index contributed by atoms with van der Waals surface area (Å²) in [6.07, 6.45) is 4.28.